The van der Waals surface area contributed by atoms with Crippen LogP contribution in [-0.2, 0) is 14.3 Å². The fourth-order valence-corrected chi connectivity index (χ4v) is 2.81. The summed E-state index contributed by atoms with van der Waals surface area (Å²) in [6, 6.07) is 6.44. The van der Waals surface area contributed by atoms with Crippen molar-refractivity contribution in [2.45, 2.75) is 51.2 Å². The van der Waals surface area contributed by atoms with Crippen molar-refractivity contribution in [3.63, 3.8) is 0 Å². The molecule has 1 fully saturated rings. The molecule has 1 saturated carbocycles. The molecule has 26 heavy (non-hydrogen) atoms. The van der Waals surface area contributed by atoms with E-state index < -0.39 is 24.0 Å². The van der Waals surface area contributed by atoms with Gasteiger partial charge >= 0.3 is 12.0 Å². The van der Waals surface area contributed by atoms with Gasteiger partial charge in [-0.3, -0.25) is 10.1 Å². The SMILES string of the molecule is C[C@H](OC(=O)/C=C/c1ccc(Cl)cc1)C(=O)NC(=O)NC1CCCCC1. The van der Waals surface area contributed by atoms with Gasteiger partial charge < -0.3 is 10.1 Å². The van der Waals surface area contributed by atoms with Gasteiger partial charge in [-0.05, 0) is 43.5 Å². The van der Waals surface area contributed by atoms with Crippen LogP contribution in [0.25, 0.3) is 6.08 Å². The molecule has 140 valence electrons. The number of carbonyl (C=O) groups excluding carboxylic acids is 3. The highest BCUT2D eigenvalue weighted by atomic mass is 35.5. The lowest BCUT2D eigenvalue weighted by atomic mass is 9.96. The molecular formula is C19H23ClN2O4. The molecule has 7 heteroatoms. The average molecular weight is 379 g/mol. The molecular weight excluding hydrogens is 356 g/mol. The van der Waals surface area contributed by atoms with Crippen molar-refractivity contribution in [2.75, 3.05) is 0 Å². The minimum Gasteiger partial charge on any atom is -0.449 e. The van der Waals surface area contributed by atoms with E-state index in [4.69, 9.17) is 16.3 Å². The minimum atomic E-state index is -1.07. The Hall–Kier alpha value is -2.34. The van der Waals surface area contributed by atoms with Crippen molar-refractivity contribution in [2.24, 2.45) is 0 Å². The van der Waals surface area contributed by atoms with E-state index in [-0.39, 0.29) is 6.04 Å². The first-order chi connectivity index (χ1) is 12.4. The number of halogens is 1. The van der Waals surface area contributed by atoms with Crippen molar-refractivity contribution in [3.8, 4) is 0 Å². The number of imide groups is 1. The number of hydrogen-bond donors (Lipinski definition) is 2. The van der Waals surface area contributed by atoms with Gasteiger partial charge in [0.25, 0.3) is 5.91 Å². The van der Waals surface area contributed by atoms with Crippen LogP contribution in [0.1, 0.15) is 44.6 Å². The van der Waals surface area contributed by atoms with Crippen LogP contribution in [0.5, 0.6) is 0 Å². The molecule has 0 aromatic heterocycles. The zero-order valence-electron chi connectivity index (χ0n) is 14.7. The van der Waals surface area contributed by atoms with Gasteiger partial charge in [0, 0.05) is 17.1 Å². The molecule has 0 bridgehead atoms. The van der Waals surface area contributed by atoms with E-state index in [0.29, 0.717) is 5.02 Å². The topological polar surface area (TPSA) is 84.5 Å². The van der Waals surface area contributed by atoms with E-state index in [9.17, 15) is 14.4 Å². The third-order valence-corrected chi connectivity index (χ3v) is 4.37. The fraction of sp³-hybridized carbons (Fsp3) is 0.421. The standard InChI is InChI=1S/C19H23ClN2O4/c1-13(18(24)22-19(25)21-16-5-3-2-4-6-16)26-17(23)12-9-14-7-10-15(20)11-8-14/h7-13,16H,2-6H2,1H3,(H2,21,22,24,25)/b12-9+/t13-/m0/s1. The van der Waals surface area contributed by atoms with Gasteiger partial charge in [-0.1, -0.05) is 43.0 Å². The summed E-state index contributed by atoms with van der Waals surface area (Å²) in [6.45, 7) is 1.41. The molecule has 0 spiro atoms. The molecule has 6 nitrogen and oxygen atoms in total. The normalized spacial score (nSPS) is 16.1. The summed E-state index contributed by atoms with van der Waals surface area (Å²) >= 11 is 5.79. The number of ether oxygens (including phenoxy) is 1. The molecule has 1 aromatic carbocycles. The molecule has 1 aromatic rings. The van der Waals surface area contributed by atoms with Crippen LogP contribution >= 0.6 is 11.6 Å². The van der Waals surface area contributed by atoms with Crippen LogP contribution in [0.4, 0.5) is 4.79 Å². The van der Waals surface area contributed by atoms with Crippen LogP contribution < -0.4 is 10.6 Å². The highest BCUT2D eigenvalue weighted by Crippen LogP contribution is 2.17. The molecule has 1 aliphatic rings. The molecule has 0 saturated heterocycles. The number of rotatable bonds is 5. The van der Waals surface area contributed by atoms with Gasteiger partial charge in [-0.2, -0.15) is 0 Å². The first-order valence-corrected chi connectivity index (χ1v) is 9.07. The Labute approximate surface area is 157 Å². The summed E-state index contributed by atoms with van der Waals surface area (Å²) in [5.74, 6) is -1.33. The number of benzene rings is 1. The Bertz CT molecular complexity index is 667. The van der Waals surface area contributed by atoms with Crippen LogP contribution in [0.15, 0.2) is 30.3 Å². The van der Waals surface area contributed by atoms with Gasteiger partial charge in [0.15, 0.2) is 6.10 Å². The third kappa shape index (κ3) is 6.88. The lowest BCUT2D eigenvalue weighted by Gasteiger charge is -2.23. The number of urea groups is 1. The Balaban J connectivity index is 1.75. The van der Waals surface area contributed by atoms with Crippen molar-refractivity contribution in [1.29, 1.82) is 0 Å². The second-order valence-electron chi connectivity index (χ2n) is 6.26. The summed E-state index contributed by atoms with van der Waals surface area (Å²) in [5, 5.41) is 5.58. The van der Waals surface area contributed by atoms with E-state index in [2.05, 4.69) is 10.6 Å². The average Bonchev–Trinajstić information content (AvgIpc) is 2.62. The number of carbonyl (C=O) groups is 3. The van der Waals surface area contributed by atoms with Gasteiger partial charge in [-0.15, -0.1) is 0 Å². The summed E-state index contributed by atoms with van der Waals surface area (Å²) in [5.41, 5.74) is 0.773. The summed E-state index contributed by atoms with van der Waals surface area (Å²) in [6.07, 6.45) is 6.86. The molecule has 2 N–H and O–H groups in total. The maximum atomic E-state index is 12.0. The Kier molecular flexibility index (Phi) is 7.66. The monoisotopic (exact) mass is 378 g/mol. The van der Waals surface area contributed by atoms with E-state index in [1.54, 1.807) is 30.3 Å². The molecule has 0 heterocycles. The molecule has 3 amide bonds. The van der Waals surface area contributed by atoms with Crippen LogP contribution in [0, 0.1) is 0 Å². The maximum Gasteiger partial charge on any atom is 0.331 e. The Morgan fingerprint density at radius 2 is 1.81 bits per heavy atom. The Morgan fingerprint density at radius 3 is 2.46 bits per heavy atom. The van der Waals surface area contributed by atoms with Gasteiger partial charge in [0.2, 0.25) is 0 Å². The maximum absolute atomic E-state index is 12.0. The number of hydrogen-bond acceptors (Lipinski definition) is 4. The smallest absolute Gasteiger partial charge is 0.331 e. The molecule has 0 radical (unpaired) electrons. The molecule has 1 atom stereocenters. The lowest BCUT2D eigenvalue weighted by molar-refractivity contribution is -0.149. The first kappa shape index (κ1) is 20.0. The fourth-order valence-electron chi connectivity index (χ4n) is 2.69. The molecule has 2 rings (SSSR count). The quantitative estimate of drug-likeness (QED) is 0.607. The summed E-state index contributed by atoms with van der Waals surface area (Å²) < 4.78 is 5.00. The van der Waals surface area contributed by atoms with Crippen molar-refractivity contribution >= 4 is 35.6 Å². The predicted molar refractivity (Wildman–Crippen MR) is 99.6 cm³/mol. The zero-order chi connectivity index (χ0) is 18.9. The van der Waals surface area contributed by atoms with Crippen LogP contribution in [0.3, 0.4) is 0 Å². The number of nitrogens with one attached hydrogen (secondary N) is 2. The van der Waals surface area contributed by atoms with Crippen molar-refractivity contribution < 1.29 is 19.1 Å². The Morgan fingerprint density at radius 1 is 1.15 bits per heavy atom. The van der Waals surface area contributed by atoms with E-state index in [1.807, 2.05) is 0 Å². The van der Waals surface area contributed by atoms with Gasteiger partial charge in [0.05, 0.1) is 0 Å². The van der Waals surface area contributed by atoms with Crippen LogP contribution in [0.2, 0.25) is 5.02 Å². The van der Waals surface area contributed by atoms with Crippen LogP contribution in [-0.4, -0.2) is 30.1 Å². The predicted octanol–water partition coefficient (Wildman–Crippen LogP) is 3.44. The third-order valence-electron chi connectivity index (χ3n) is 4.12. The second-order valence-corrected chi connectivity index (χ2v) is 6.70. The largest absolute Gasteiger partial charge is 0.449 e. The highest BCUT2D eigenvalue weighted by Gasteiger charge is 2.21. The van der Waals surface area contributed by atoms with E-state index in [0.717, 1.165) is 31.2 Å². The van der Waals surface area contributed by atoms with Crippen molar-refractivity contribution in [1.82, 2.24) is 10.6 Å². The highest BCUT2D eigenvalue weighted by molar-refractivity contribution is 6.30. The zero-order valence-corrected chi connectivity index (χ0v) is 15.4. The summed E-state index contributed by atoms with van der Waals surface area (Å²) in [7, 11) is 0. The molecule has 0 aliphatic heterocycles. The van der Waals surface area contributed by atoms with E-state index >= 15 is 0 Å². The molecule has 1 aliphatic carbocycles. The molecule has 0 unspecified atom stereocenters. The van der Waals surface area contributed by atoms with E-state index in [1.165, 1.54) is 19.4 Å². The van der Waals surface area contributed by atoms with Gasteiger partial charge in [-0.25, -0.2) is 9.59 Å². The number of esters is 1. The lowest BCUT2D eigenvalue weighted by Crippen LogP contribution is -2.48. The second kappa shape index (κ2) is 9.97. The number of amides is 3. The van der Waals surface area contributed by atoms with Gasteiger partial charge in [0.1, 0.15) is 0 Å². The first-order valence-electron chi connectivity index (χ1n) is 8.69. The van der Waals surface area contributed by atoms with Crippen molar-refractivity contribution in [3.05, 3.63) is 40.9 Å². The minimum absolute atomic E-state index is 0.0942. The summed E-state index contributed by atoms with van der Waals surface area (Å²) in [4.78, 5) is 35.6.